The zero-order valence-electron chi connectivity index (χ0n) is 16.2. The van der Waals surface area contributed by atoms with E-state index in [4.69, 9.17) is 14.6 Å². The van der Waals surface area contributed by atoms with Crippen LogP contribution in [-0.4, -0.2) is 29.3 Å². The van der Waals surface area contributed by atoms with Crippen LogP contribution in [0.3, 0.4) is 0 Å². The topological polar surface area (TPSA) is 68.7 Å². The van der Waals surface area contributed by atoms with Gasteiger partial charge in [0.25, 0.3) is 0 Å². The van der Waals surface area contributed by atoms with Crippen LogP contribution in [0.5, 0.6) is 11.5 Å². The zero-order chi connectivity index (χ0) is 20.1. The predicted octanol–water partition coefficient (Wildman–Crippen LogP) is 4.82. The molecule has 1 N–H and O–H groups in total. The van der Waals surface area contributed by atoms with Gasteiger partial charge in [-0.05, 0) is 55.7 Å². The summed E-state index contributed by atoms with van der Waals surface area (Å²) in [6.45, 7) is 7.02. The van der Waals surface area contributed by atoms with Gasteiger partial charge in [-0.15, -0.1) is 11.3 Å². The summed E-state index contributed by atoms with van der Waals surface area (Å²) in [5.41, 5.74) is 4.93. The Hall–Kier alpha value is -2.86. The molecular weight excluding hydrogens is 374 g/mol. The molecule has 0 unspecified atom stereocenters. The molecule has 0 bridgehead atoms. The van der Waals surface area contributed by atoms with Crippen molar-refractivity contribution in [2.45, 2.75) is 27.2 Å². The number of aliphatic carboxylic acids is 1. The average molecular weight is 397 g/mol. The number of aromatic nitrogens is 1. The minimum atomic E-state index is -0.889. The number of hydrogen-bond donors (Lipinski definition) is 1. The number of aryl methyl sites for hydroxylation is 2. The monoisotopic (exact) mass is 397 g/mol. The number of carboxylic acid groups (broad SMARTS) is 1. The number of rotatable bonds is 8. The molecule has 1 heterocycles. The molecule has 0 atom stereocenters. The Labute approximate surface area is 168 Å². The molecule has 0 saturated carbocycles. The van der Waals surface area contributed by atoms with Crippen LogP contribution in [-0.2, 0) is 11.2 Å². The molecule has 28 heavy (non-hydrogen) atoms. The standard InChI is InChI=1S/C22H23NO4S/c1-14-10-15(2)16(3)20(11-14)27-9-8-26-19-7-5-4-6-18(19)22-23-17(13-28-22)12-21(24)25/h4-7,10-11,13H,8-9,12H2,1-3H3,(H,24,25). The summed E-state index contributed by atoms with van der Waals surface area (Å²) in [6, 6.07) is 11.8. The highest BCUT2D eigenvalue weighted by atomic mass is 32.1. The number of thiazole rings is 1. The summed E-state index contributed by atoms with van der Waals surface area (Å²) in [4.78, 5) is 15.3. The van der Waals surface area contributed by atoms with E-state index in [0.29, 0.717) is 24.7 Å². The largest absolute Gasteiger partial charge is 0.490 e. The molecular formula is C22H23NO4S. The van der Waals surface area contributed by atoms with Crippen molar-refractivity contribution in [3.05, 3.63) is 64.2 Å². The van der Waals surface area contributed by atoms with Gasteiger partial charge in [-0.2, -0.15) is 0 Å². The molecule has 6 heteroatoms. The second kappa shape index (κ2) is 8.89. The fourth-order valence-electron chi connectivity index (χ4n) is 2.89. The van der Waals surface area contributed by atoms with Crippen molar-refractivity contribution >= 4 is 17.3 Å². The second-order valence-electron chi connectivity index (χ2n) is 6.61. The number of carboxylic acids is 1. The van der Waals surface area contributed by atoms with Crippen LogP contribution in [0.1, 0.15) is 22.4 Å². The third kappa shape index (κ3) is 4.89. The molecule has 0 fully saturated rings. The van der Waals surface area contributed by atoms with Crippen molar-refractivity contribution in [2.75, 3.05) is 13.2 Å². The first kappa shape index (κ1) is 19.9. The van der Waals surface area contributed by atoms with E-state index in [2.05, 4.69) is 31.8 Å². The van der Waals surface area contributed by atoms with Crippen molar-refractivity contribution < 1.29 is 19.4 Å². The lowest BCUT2D eigenvalue weighted by atomic mass is 10.1. The Morgan fingerprint density at radius 1 is 1.07 bits per heavy atom. The van der Waals surface area contributed by atoms with Crippen LogP contribution < -0.4 is 9.47 Å². The van der Waals surface area contributed by atoms with Crippen molar-refractivity contribution in [2.24, 2.45) is 0 Å². The van der Waals surface area contributed by atoms with E-state index in [9.17, 15) is 4.79 Å². The SMILES string of the molecule is Cc1cc(C)c(C)c(OCCOc2ccccc2-c2nc(CC(=O)O)cs2)c1. The Bertz CT molecular complexity index is 980. The van der Waals surface area contributed by atoms with E-state index in [1.54, 1.807) is 5.38 Å². The number of benzene rings is 2. The molecule has 0 aliphatic carbocycles. The first-order chi connectivity index (χ1) is 13.4. The summed E-state index contributed by atoms with van der Waals surface area (Å²) in [5, 5.41) is 11.4. The summed E-state index contributed by atoms with van der Waals surface area (Å²) in [7, 11) is 0. The van der Waals surface area contributed by atoms with Crippen molar-refractivity contribution in [3.63, 3.8) is 0 Å². The fourth-order valence-corrected chi connectivity index (χ4v) is 3.74. The Morgan fingerprint density at radius 3 is 2.54 bits per heavy atom. The maximum absolute atomic E-state index is 10.9. The third-order valence-electron chi connectivity index (χ3n) is 4.36. The summed E-state index contributed by atoms with van der Waals surface area (Å²) < 4.78 is 11.8. The Kier molecular flexibility index (Phi) is 6.31. The molecule has 1 aromatic heterocycles. The molecule has 3 rings (SSSR count). The van der Waals surface area contributed by atoms with Crippen LogP contribution >= 0.6 is 11.3 Å². The number of ether oxygens (including phenoxy) is 2. The maximum Gasteiger partial charge on any atom is 0.309 e. The van der Waals surface area contributed by atoms with E-state index >= 15 is 0 Å². The van der Waals surface area contributed by atoms with E-state index in [0.717, 1.165) is 21.9 Å². The van der Waals surface area contributed by atoms with Gasteiger partial charge in [0, 0.05) is 5.38 Å². The van der Waals surface area contributed by atoms with Crippen molar-refractivity contribution in [1.29, 1.82) is 0 Å². The molecule has 0 saturated heterocycles. The first-order valence-electron chi connectivity index (χ1n) is 9.03. The minimum absolute atomic E-state index is 0.0807. The lowest BCUT2D eigenvalue weighted by Gasteiger charge is -2.14. The van der Waals surface area contributed by atoms with Crippen LogP contribution in [0.2, 0.25) is 0 Å². The first-order valence-corrected chi connectivity index (χ1v) is 9.91. The van der Waals surface area contributed by atoms with Gasteiger partial charge < -0.3 is 14.6 Å². The lowest BCUT2D eigenvalue weighted by Crippen LogP contribution is -2.10. The highest BCUT2D eigenvalue weighted by Gasteiger charge is 2.12. The quantitative estimate of drug-likeness (QED) is 0.552. The van der Waals surface area contributed by atoms with Gasteiger partial charge in [-0.25, -0.2) is 4.98 Å². The molecule has 2 aromatic carbocycles. The highest BCUT2D eigenvalue weighted by Crippen LogP contribution is 2.32. The van der Waals surface area contributed by atoms with Crippen LogP contribution in [0.4, 0.5) is 0 Å². The number of carbonyl (C=O) groups is 1. The molecule has 146 valence electrons. The van der Waals surface area contributed by atoms with Gasteiger partial charge in [0.05, 0.1) is 17.7 Å². The average Bonchev–Trinajstić information content (AvgIpc) is 3.10. The van der Waals surface area contributed by atoms with Gasteiger partial charge >= 0.3 is 5.97 Å². The predicted molar refractivity (Wildman–Crippen MR) is 111 cm³/mol. The van der Waals surface area contributed by atoms with Crippen LogP contribution in [0.15, 0.2) is 41.8 Å². The molecule has 5 nitrogen and oxygen atoms in total. The van der Waals surface area contributed by atoms with Crippen molar-refractivity contribution in [3.8, 4) is 22.1 Å². The lowest BCUT2D eigenvalue weighted by molar-refractivity contribution is -0.136. The molecule has 0 aliphatic rings. The second-order valence-corrected chi connectivity index (χ2v) is 7.47. The third-order valence-corrected chi connectivity index (χ3v) is 5.29. The molecule has 3 aromatic rings. The van der Waals surface area contributed by atoms with Crippen LogP contribution in [0, 0.1) is 20.8 Å². The number of nitrogens with zero attached hydrogens (tertiary/aromatic N) is 1. The van der Waals surface area contributed by atoms with Gasteiger partial charge in [-0.1, -0.05) is 18.2 Å². The number of hydrogen-bond acceptors (Lipinski definition) is 5. The molecule has 0 radical (unpaired) electrons. The van der Waals surface area contributed by atoms with Gasteiger partial charge in [0.1, 0.15) is 29.7 Å². The smallest absolute Gasteiger partial charge is 0.309 e. The molecule has 0 aliphatic heterocycles. The van der Waals surface area contributed by atoms with Gasteiger partial charge in [0.15, 0.2) is 0 Å². The van der Waals surface area contributed by atoms with Crippen molar-refractivity contribution in [1.82, 2.24) is 4.98 Å². The summed E-state index contributed by atoms with van der Waals surface area (Å²) in [5.74, 6) is 0.701. The zero-order valence-corrected chi connectivity index (χ0v) is 17.0. The van der Waals surface area contributed by atoms with E-state index < -0.39 is 5.97 Å². The summed E-state index contributed by atoms with van der Waals surface area (Å²) in [6.07, 6.45) is -0.0807. The number of para-hydroxylation sites is 1. The van der Waals surface area contributed by atoms with E-state index in [1.165, 1.54) is 22.5 Å². The highest BCUT2D eigenvalue weighted by molar-refractivity contribution is 7.13. The fraction of sp³-hybridized carbons (Fsp3) is 0.273. The molecule has 0 spiro atoms. The van der Waals surface area contributed by atoms with Gasteiger partial charge in [-0.3, -0.25) is 4.79 Å². The van der Waals surface area contributed by atoms with E-state index in [-0.39, 0.29) is 6.42 Å². The Morgan fingerprint density at radius 2 is 1.79 bits per heavy atom. The maximum atomic E-state index is 10.9. The minimum Gasteiger partial charge on any atom is -0.490 e. The van der Waals surface area contributed by atoms with Gasteiger partial charge in [0.2, 0.25) is 0 Å². The van der Waals surface area contributed by atoms with Crippen LogP contribution in [0.25, 0.3) is 10.6 Å². The van der Waals surface area contributed by atoms with E-state index in [1.807, 2.05) is 30.3 Å². The summed E-state index contributed by atoms with van der Waals surface area (Å²) >= 11 is 1.41. The molecule has 0 amide bonds. The Balaban J connectivity index is 1.64. The normalized spacial score (nSPS) is 10.7.